The van der Waals surface area contributed by atoms with Gasteiger partial charge in [0.1, 0.15) is 0 Å². The number of benzene rings is 8. The van der Waals surface area contributed by atoms with Crippen molar-refractivity contribution in [3.05, 3.63) is 193 Å². The first-order valence-electron chi connectivity index (χ1n) is 18.8. The Bertz CT molecular complexity index is 3530. The molecule has 0 spiro atoms. The summed E-state index contributed by atoms with van der Waals surface area (Å²) in [5.74, 6) is 0. The maximum atomic E-state index is 9.50. The van der Waals surface area contributed by atoms with Crippen molar-refractivity contribution in [3.63, 3.8) is 0 Å². The van der Waals surface area contributed by atoms with Crippen LogP contribution in [0.1, 0.15) is 5.56 Å². The summed E-state index contributed by atoms with van der Waals surface area (Å²) in [5.41, 5.74) is 12.8. The van der Waals surface area contributed by atoms with Crippen LogP contribution in [0.4, 0.5) is 5.69 Å². The van der Waals surface area contributed by atoms with Gasteiger partial charge >= 0.3 is 0 Å². The van der Waals surface area contributed by atoms with Gasteiger partial charge in [-0.05, 0) is 127 Å². The molecule has 0 atom stereocenters. The molecule has 0 aliphatic heterocycles. The highest BCUT2D eigenvalue weighted by molar-refractivity contribution is 6.25. The fraction of sp³-hybridized carbons (Fsp3) is 0. The van der Waals surface area contributed by atoms with Crippen molar-refractivity contribution in [1.82, 2.24) is 14.5 Å². The zero-order valence-corrected chi connectivity index (χ0v) is 30.5. The van der Waals surface area contributed by atoms with E-state index in [4.69, 9.17) is 16.5 Å². The minimum atomic E-state index is 0.591. The molecular formula is C52H29N5. The molecule has 5 heteroatoms. The zero-order chi connectivity index (χ0) is 38.0. The van der Waals surface area contributed by atoms with Gasteiger partial charge < -0.3 is 4.57 Å². The highest BCUT2D eigenvalue weighted by Gasteiger charge is 2.21. The van der Waals surface area contributed by atoms with Crippen LogP contribution in [0.3, 0.4) is 0 Å². The van der Waals surface area contributed by atoms with Gasteiger partial charge in [0.15, 0.2) is 5.69 Å². The Labute approximate surface area is 327 Å². The van der Waals surface area contributed by atoms with Gasteiger partial charge in [0, 0.05) is 34.2 Å². The van der Waals surface area contributed by atoms with Crippen LogP contribution in [0.15, 0.2) is 176 Å². The van der Waals surface area contributed by atoms with E-state index in [1.807, 2.05) is 60.9 Å². The molecule has 8 aromatic carbocycles. The number of aromatic nitrogens is 3. The maximum absolute atomic E-state index is 9.50. The molecule has 262 valence electrons. The molecule has 3 aromatic heterocycles. The average Bonchev–Trinajstić information content (AvgIpc) is 3.60. The van der Waals surface area contributed by atoms with E-state index in [9.17, 15) is 5.26 Å². The van der Waals surface area contributed by atoms with Crippen molar-refractivity contribution in [3.8, 4) is 45.1 Å². The molecule has 0 amide bonds. The average molecular weight is 724 g/mol. The topological polar surface area (TPSA) is 58.9 Å². The molecule has 0 unspecified atom stereocenters. The molecule has 11 aromatic rings. The first-order chi connectivity index (χ1) is 28.2. The standard InChI is InChI=1S/C52H29N5/c1-54-37-18-24-48-45(30-37)44-29-36(17-23-47(44)57(48)38-19-13-32(31-53)14-20-38)49-39-11-5-6-12-40(39)50(46-28-35(16-21-41(46)49)33-8-3-2-4-9-33)42-25-27-56-52-43(42)22-15-34-10-7-26-55-51(34)52/h2-30H. The fourth-order valence-corrected chi connectivity index (χ4v) is 8.76. The minimum absolute atomic E-state index is 0.591. The van der Waals surface area contributed by atoms with E-state index in [0.717, 1.165) is 104 Å². The lowest BCUT2D eigenvalue weighted by molar-refractivity contribution is 1.18. The monoisotopic (exact) mass is 723 g/mol. The predicted octanol–water partition coefficient (Wildman–Crippen LogP) is 13.6. The summed E-state index contributed by atoms with van der Waals surface area (Å²) in [6, 6.07) is 59.2. The Morgan fingerprint density at radius 1 is 0.491 bits per heavy atom. The first-order valence-corrected chi connectivity index (χ1v) is 18.8. The van der Waals surface area contributed by atoms with E-state index in [0.29, 0.717) is 11.3 Å². The van der Waals surface area contributed by atoms with Gasteiger partial charge in [0.05, 0.1) is 40.3 Å². The van der Waals surface area contributed by atoms with E-state index >= 15 is 0 Å². The van der Waals surface area contributed by atoms with Crippen molar-refractivity contribution >= 4 is 70.8 Å². The number of fused-ring (bicyclic) bond motifs is 8. The molecule has 3 heterocycles. The lowest BCUT2D eigenvalue weighted by atomic mass is 9.84. The van der Waals surface area contributed by atoms with Gasteiger partial charge in [-0.15, -0.1) is 0 Å². The molecule has 0 N–H and O–H groups in total. The normalized spacial score (nSPS) is 11.5. The van der Waals surface area contributed by atoms with E-state index in [-0.39, 0.29) is 0 Å². The van der Waals surface area contributed by atoms with Gasteiger partial charge in [0.2, 0.25) is 0 Å². The summed E-state index contributed by atoms with van der Waals surface area (Å²) < 4.78 is 2.22. The minimum Gasteiger partial charge on any atom is -0.309 e. The predicted molar refractivity (Wildman–Crippen MR) is 234 cm³/mol. The molecule has 0 aliphatic rings. The molecular weight excluding hydrogens is 695 g/mol. The lowest BCUT2D eigenvalue weighted by Gasteiger charge is -2.20. The zero-order valence-electron chi connectivity index (χ0n) is 30.5. The second-order valence-corrected chi connectivity index (χ2v) is 14.4. The van der Waals surface area contributed by atoms with Gasteiger partial charge in [-0.25, -0.2) is 4.85 Å². The number of hydrogen-bond donors (Lipinski definition) is 0. The summed E-state index contributed by atoms with van der Waals surface area (Å²) in [5, 5.41) is 18.3. The van der Waals surface area contributed by atoms with Crippen LogP contribution in [0.5, 0.6) is 0 Å². The second kappa shape index (κ2) is 12.7. The molecule has 0 aliphatic carbocycles. The Balaban J connectivity index is 1.24. The Kier molecular flexibility index (Phi) is 7.22. The molecule has 0 saturated carbocycles. The van der Waals surface area contributed by atoms with E-state index in [1.165, 1.54) is 0 Å². The largest absolute Gasteiger partial charge is 0.309 e. The second-order valence-electron chi connectivity index (χ2n) is 14.4. The summed E-state index contributed by atoms with van der Waals surface area (Å²) in [6.07, 6.45) is 3.75. The van der Waals surface area contributed by atoms with E-state index < -0.39 is 0 Å². The number of nitrogens with zero attached hydrogens (tertiary/aromatic N) is 5. The Morgan fingerprint density at radius 2 is 1.18 bits per heavy atom. The highest BCUT2D eigenvalue weighted by Crippen LogP contribution is 2.47. The van der Waals surface area contributed by atoms with Crippen molar-refractivity contribution in [1.29, 1.82) is 5.26 Å². The Hall–Kier alpha value is -8.12. The number of nitriles is 1. The first kappa shape index (κ1) is 32.3. The SMILES string of the molecule is [C-]#[N+]c1ccc2c(c1)c1cc(-c3c4ccccc4c(-c4ccnc5c4ccc4cccnc45)c4cc(-c5ccccc5)ccc34)ccc1n2-c1ccc(C#N)cc1. The molecule has 0 bridgehead atoms. The van der Waals surface area contributed by atoms with Crippen molar-refractivity contribution in [2.75, 3.05) is 0 Å². The van der Waals surface area contributed by atoms with Crippen molar-refractivity contribution in [2.45, 2.75) is 0 Å². The maximum Gasteiger partial charge on any atom is 0.188 e. The highest BCUT2D eigenvalue weighted by atomic mass is 15.0. The van der Waals surface area contributed by atoms with E-state index in [2.05, 4.69) is 131 Å². The smallest absolute Gasteiger partial charge is 0.188 e. The number of pyridine rings is 2. The number of hydrogen-bond acceptors (Lipinski definition) is 3. The lowest BCUT2D eigenvalue weighted by Crippen LogP contribution is -1.95. The molecule has 0 radical (unpaired) electrons. The van der Waals surface area contributed by atoms with Gasteiger partial charge in [-0.1, -0.05) is 97.1 Å². The number of rotatable bonds is 4. The van der Waals surface area contributed by atoms with Gasteiger partial charge in [0.25, 0.3) is 0 Å². The third kappa shape index (κ3) is 5.01. The molecule has 11 rings (SSSR count). The quantitative estimate of drug-likeness (QED) is 0.103. The van der Waals surface area contributed by atoms with Crippen LogP contribution >= 0.6 is 0 Å². The Morgan fingerprint density at radius 3 is 1.98 bits per heavy atom. The van der Waals surface area contributed by atoms with Gasteiger partial charge in [-0.3, -0.25) is 9.97 Å². The third-order valence-electron chi connectivity index (χ3n) is 11.3. The van der Waals surface area contributed by atoms with Crippen LogP contribution in [0.25, 0.3) is 109 Å². The fourth-order valence-electron chi connectivity index (χ4n) is 8.76. The summed E-state index contributed by atoms with van der Waals surface area (Å²) in [6.45, 7) is 7.84. The van der Waals surface area contributed by atoms with Crippen LogP contribution in [-0.4, -0.2) is 14.5 Å². The van der Waals surface area contributed by atoms with Crippen LogP contribution in [0, 0.1) is 17.9 Å². The summed E-state index contributed by atoms with van der Waals surface area (Å²) in [4.78, 5) is 13.5. The third-order valence-corrected chi connectivity index (χ3v) is 11.3. The summed E-state index contributed by atoms with van der Waals surface area (Å²) in [7, 11) is 0. The van der Waals surface area contributed by atoms with Crippen molar-refractivity contribution < 1.29 is 0 Å². The molecule has 0 saturated heterocycles. The molecule has 5 nitrogen and oxygen atoms in total. The van der Waals surface area contributed by atoms with Crippen molar-refractivity contribution in [2.24, 2.45) is 0 Å². The molecule has 0 fully saturated rings. The summed E-state index contributed by atoms with van der Waals surface area (Å²) >= 11 is 0. The molecule has 57 heavy (non-hydrogen) atoms. The van der Waals surface area contributed by atoms with Gasteiger partial charge in [-0.2, -0.15) is 5.26 Å². The van der Waals surface area contributed by atoms with Crippen LogP contribution < -0.4 is 0 Å². The van der Waals surface area contributed by atoms with E-state index in [1.54, 1.807) is 0 Å². The van der Waals surface area contributed by atoms with Crippen LogP contribution in [0.2, 0.25) is 0 Å². The van der Waals surface area contributed by atoms with Crippen LogP contribution in [-0.2, 0) is 0 Å².